The first-order chi connectivity index (χ1) is 9.24. The molecule has 0 unspecified atom stereocenters. The number of nitrogens with two attached hydrogens (primary N) is 1. The van der Waals surface area contributed by atoms with E-state index in [9.17, 15) is 4.79 Å². The lowest BCUT2D eigenvalue weighted by Crippen LogP contribution is -2.19. The molecule has 1 heterocycles. The van der Waals surface area contributed by atoms with Crippen LogP contribution < -0.4 is 11.1 Å². The van der Waals surface area contributed by atoms with Gasteiger partial charge < -0.3 is 15.8 Å². The smallest absolute Gasteiger partial charge is 0.250 e. The fourth-order valence-corrected chi connectivity index (χ4v) is 2.30. The van der Waals surface area contributed by atoms with E-state index in [1.807, 2.05) is 11.4 Å². The standard InChI is InChI=1S/C14H16N2O2S/c15-11-3-1-4-12(9-11)16-14(17)10-18-7-6-13-5-2-8-19-13/h1-5,8-9H,6-7,10,15H2,(H,16,17). The summed E-state index contributed by atoms with van der Waals surface area (Å²) in [7, 11) is 0. The number of nitrogen functional groups attached to an aromatic ring is 1. The Morgan fingerprint density at radius 1 is 1.32 bits per heavy atom. The van der Waals surface area contributed by atoms with Gasteiger partial charge in [0.1, 0.15) is 6.61 Å². The molecule has 0 bridgehead atoms. The van der Waals surface area contributed by atoms with Crippen LogP contribution in [-0.4, -0.2) is 19.1 Å². The van der Waals surface area contributed by atoms with E-state index in [1.54, 1.807) is 35.6 Å². The Kier molecular flexibility index (Phi) is 4.94. The number of anilines is 2. The first-order valence-corrected chi connectivity index (χ1v) is 6.87. The molecule has 2 aromatic rings. The van der Waals surface area contributed by atoms with Gasteiger partial charge in [0.25, 0.3) is 0 Å². The fourth-order valence-electron chi connectivity index (χ4n) is 1.61. The normalized spacial score (nSPS) is 10.3. The van der Waals surface area contributed by atoms with Gasteiger partial charge >= 0.3 is 0 Å². The van der Waals surface area contributed by atoms with Crippen molar-refractivity contribution in [1.29, 1.82) is 0 Å². The summed E-state index contributed by atoms with van der Waals surface area (Å²) >= 11 is 1.69. The molecule has 3 N–H and O–H groups in total. The number of nitrogens with one attached hydrogen (secondary N) is 1. The zero-order valence-corrected chi connectivity index (χ0v) is 11.3. The van der Waals surface area contributed by atoms with Crippen LogP contribution in [0.15, 0.2) is 41.8 Å². The number of thiophene rings is 1. The van der Waals surface area contributed by atoms with Gasteiger partial charge in [0.15, 0.2) is 0 Å². The van der Waals surface area contributed by atoms with Gasteiger partial charge in [-0.25, -0.2) is 0 Å². The quantitative estimate of drug-likeness (QED) is 0.629. The number of hydrogen-bond donors (Lipinski definition) is 2. The van der Waals surface area contributed by atoms with Crippen molar-refractivity contribution in [1.82, 2.24) is 0 Å². The van der Waals surface area contributed by atoms with Crippen molar-refractivity contribution >= 4 is 28.6 Å². The van der Waals surface area contributed by atoms with Crippen LogP contribution in [0.5, 0.6) is 0 Å². The number of carbonyl (C=O) groups excluding carboxylic acids is 1. The van der Waals surface area contributed by atoms with E-state index in [2.05, 4.69) is 11.4 Å². The van der Waals surface area contributed by atoms with Crippen molar-refractivity contribution in [3.8, 4) is 0 Å². The van der Waals surface area contributed by atoms with Gasteiger partial charge in [0.05, 0.1) is 6.61 Å². The minimum absolute atomic E-state index is 0.0557. The molecular weight excluding hydrogens is 260 g/mol. The number of hydrogen-bond acceptors (Lipinski definition) is 4. The Hall–Kier alpha value is -1.85. The predicted octanol–water partition coefficient (Wildman–Crippen LogP) is 2.53. The largest absolute Gasteiger partial charge is 0.399 e. The van der Waals surface area contributed by atoms with E-state index >= 15 is 0 Å². The Labute approximate surface area is 116 Å². The number of ether oxygens (including phenoxy) is 1. The van der Waals surface area contributed by atoms with Crippen LogP contribution in [-0.2, 0) is 16.0 Å². The van der Waals surface area contributed by atoms with Gasteiger partial charge in [-0.2, -0.15) is 0 Å². The average molecular weight is 276 g/mol. The molecule has 4 nitrogen and oxygen atoms in total. The summed E-state index contributed by atoms with van der Waals surface area (Å²) < 4.78 is 5.33. The third-order valence-electron chi connectivity index (χ3n) is 2.48. The van der Waals surface area contributed by atoms with Gasteiger partial charge in [-0.3, -0.25) is 4.79 Å². The average Bonchev–Trinajstić information content (AvgIpc) is 2.88. The second-order valence-corrected chi connectivity index (χ2v) is 5.09. The summed E-state index contributed by atoms with van der Waals surface area (Å²) in [5.74, 6) is -0.170. The van der Waals surface area contributed by atoms with Gasteiger partial charge in [0.2, 0.25) is 5.91 Å². The second-order valence-electron chi connectivity index (χ2n) is 4.06. The summed E-state index contributed by atoms with van der Waals surface area (Å²) in [5.41, 5.74) is 6.94. The van der Waals surface area contributed by atoms with E-state index in [4.69, 9.17) is 10.5 Å². The van der Waals surface area contributed by atoms with E-state index < -0.39 is 0 Å². The minimum atomic E-state index is -0.170. The molecule has 1 aromatic heterocycles. The van der Waals surface area contributed by atoms with Gasteiger partial charge in [-0.1, -0.05) is 12.1 Å². The maximum atomic E-state index is 11.6. The fraction of sp³-hybridized carbons (Fsp3) is 0.214. The maximum Gasteiger partial charge on any atom is 0.250 e. The number of amides is 1. The Morgan fingerprint density at radius 2 is 2.21 bits per heavy atom. The minimum Gasteiger partial charge on any atom is -0.399 e. The van der Waals surface area contributed by atoms with Crippen LogP contribution in [0.1, 0.15) is 4.88 Å². The van der Waals surface area contributed by atoms with Gasteiger partial charge in [0, 0.05) is 22.7 Å². The van der Waals surface area contributed by atoms with Crippen LogP contribution in [0.25, 0.3) is 0 Å². The third-order valence-corrected chi connectivity index (χ3v) is 3.41. The lowest BCUT2D eigenvalue weighted by atomic mass is 10.3. The molecule has 2 rings (SSSR count). The summed E-state index contributed by atoms with van der Waals surface area (Å²) in [5, 5.41) is 4.76. The lowest BCUT2D eigenvalue weighted by molar-refractivity contribution is -0.120. The van der Waals surface area contributed by atoms with Crippen molar-refractivity contribution in [2.75, 3.05) is 24.3 Å². The molecule has 0 fully saturated rings. The highest BCUT2D eigenvalue weighted by molar-refractivity contribution is 7.09. The Bertz CT molecular complexity index is 526. The van der Waals surface area contributed by atoms with E-state index in [0.29, 0.717) is 18.0 Å². The molecule has 0 saturated heterocycles. The van der Waals surface area contributed by atoms with E-state index in [-0.39, 0.29) is 12.5 Å². The summed E-state index contributed by atoms with van der Waals surface area (Å²) in [6.45, 7) is 0.602. The van der Waals surface area contributed by atoms with Crippen LogP contribution in [0.4, 0.5) is 11.4 Å². The number of rotatable bonds is 6. The lowest BCUT2D eigenvalue weighted by Gasteiger charge is -2.06. The van der Waals surface area contributed by atoms with Crippen molar-refractivity contribution < 1.29 is 9.53 Å². The van der Waals surface area contributed by atoms with Crippen molar-refractivity contribution in [3.05, 3.63) is 46.7 Å². The van der Waals surface area contributed by atoms with E-state index in [0.717, 1.165) is 6.42 Å². The molecule has 0 aliphatic carbocycles. The summed E-state index contributed by atoms with van der Waals surface area (Å²) in [6.07, 6.45) is 0.837. The van der Waals surface area contributed by atoms with E-state index in [1.165, 1.54) is 4.88 Å². The highest BCUT2D eigenvalue weighted by atomic mass is 32.1. The molecule has 19 heavy (non-hydrogen) atoms. The summed E-state index contributed by atoms with van der Waals surface area (Å²) in [6, 6.07) is 11.1. The van der Waals surface area contributed by atoms with Crippen LogP contribution in [0.3, 0.4) is 0 Å². The SMILES string of the molecule is Nc1cccc(NC(=O)COCCc2cccs2)c1. The molecule has 0 aliphatic heterocycles. The molecule has 0 radical (unpaired) electrons. The first-order valence-electron chi connectivity index (χ1n) is 5.99. The molecule has 5 heteroatoms. The molecule has 0 saturated carbocycles. The zero-order chi connectivity index (χ0) is 13.5. The van der Waals surface area contributed by atoms with Crippen LogP contribution >= 0.6 is 11.3 Å². The first kappa shape index (κ1) is 13.6. The highest BCUT2D eigenvalue weighted by Gasteiger charge is 2.03. The van der Waals surface area contributed by atoms with Crippen molar-refractivity contribution in [3.63, 3.8) is 0 Å². The Balaban J connectivity index is 1.67. The molecular formula is C14H16N2O2S. The topological polar surface area (TPSA) is 64.3 Å². The Morgan fingerprint density at radius 3 is 2.95 bits per heavy atom. The van der Waals surface area contributed by atoms with Gasteiger partial charge in [-0.15, -0.1) is 11.3 Å². The third kappa shape index (κ3) is 4.73. The van der Waals surface area contributed by atoms with Crippen LogP contribution in [0, 0.1) is 0 Å². The van der Waals surface area contributed by atoms with Gasteiger partial charge in [-0.05, 0) is 29.6 Å². The predicted molar refractivity (Wildman–Crippen MR) is 78.3 cm³/mol. The highest BCUT2D eigenvalue weighted by Crippen LogP contribution is 2.11. The van der Waals surface area contributed by atoms with Crippen molar-refractivity contribution in [2.24, 2.45) is 0 Å². The van der Waals surface area contributed by atoms with Crippen LogP contribution in [0.2, 0.25) is 0 Å². The molecule has 0 spiro atoms. The molecule has 1 amide bonds. The monoisotopic (exact) mass is 276 g/mol. The second kappa shape index (κ2) is 6.92. The van der Waals surface area contributed by atoms with Crippen molar-refractivity contribution in [2.45, 2.75) is 6.42 Å². The molecule has 0 aliphatic rings. The number of carbonyl (C=O) groups is 1. The molecule has 0 atom stereocenters. The summed E-state index contributed by atoms with van der Waals surface area (Å²) in [4.78, 5) is 12.9. The number of benzene rings is 1. The molecule has 100 valence electrons. The maximum absolute atomic E-state index is 11.6. The molecule has 1 aromatic carbocycles. The zero-order valence-electron chi connectivity index (χ0n) is 10.5.